The summed E-state index contributed by atoms with van der Waals surface area (Å²) in [4.78, 5) is 30.8. The molecule has 0 aromatic heterocycles. The van der Waals surface area contributed by atoms with Crippen LogP contribution in [0.1, 0.15) is 18.9 Å². The van der Waals surface area contributed by atoms with Crippen molar-refractivity contribution in [3.63, 3.8) is 0 Å². The molecule has 3 rings (SSSR count). The van der Waals surface area contributed by atoms with Crippen molar-refractivity contribution in [1.82, 2.24) is 9.80 Å². The Morgan fingerprint density at radius 2 is 1.68 bits per heavy atom. The molecule has 5 heteroatoms. The van der Waals surface area contributed by atoms with Crippen LogP contribution < -0.4 is 4.90 Å². The fourth-order valence-corrected chi connectivity index (χ4v) is 3.19. The average Bonchev–Trinajstić information content (AvgIpc) is 2.83. The Hall–Kier alpha value is -1.72. The van der Waals surface area contributed by atoms with Gasteiger partial charge in [-0.3, -0.25) is 14.5 Å². The third kappa shape index (κ3) is 2.78. The summed E-state index contributed by atoms with van der Waals surface area (Å²) in [6.07, 6.45) is 1.25. The Kier molecular flexibility index (Phi) is 4.27. The van der Waals surface area contributed by atoms with Crippen molar-refractivity contribution in [2.24, 2.45) is 0 Å². The van der Waals surface area contributed by atoms with Gasteiger partial charge in [0, 0.05) is 26.2 Å². The number of carbonyl (C=O) groups excluding carboxylic acids is 2. The first-order valence-corrected chi connectivity index (χ1v) is 7.98. The fourth-order valence-electron chi connectivity index (χ4n) is 3.19. The van der Waals surface area contributed by atoms with E-state index in [-0.39, 0.29) is 17.9 Å². The fraction of sp³-hybridized carbons (Fsp3) is 0.529. The molecule has 2 amide bonds. The normalized spacial score (nSPS) is 24.3. The Balaban J connectivity index is 1.76. The van der Waals surface area contributed by atoms with Gasteiger partial charge in [0.15, 0.2) is 0 Å². The lowest BCUT2D eigenvalue weighted by atomic mass is 10.1. The lowest BCUT2D eigenvalue weighted by molar-refractivity contribution is -0.123. The largest absolute Gasteiger partial charge is 0.304 e. The lowest BCUT2D eigenvalue weighted by Gasteiger charge is -2.35. The summed E-state index contributed by atoms with van der Waals surface area (Å²) in [7, 11) is 2.08. The third-order valence-corrected chi connectivity index (χ3v) is 4.70. The number of imide groups is 1. The Morgan fingerprint density at radius 3 is 2.27 bits per heavy atom. The maximum atomic E-state index is 12.7. The van der Waals surface area contributed by atoms with Crippen LogP contribution in [-0.4, -0.2) is 60.9 Å². The van der Waals surface area contributed by atoms with Crippen molar-refractivity contribution in [1.29, 1.82) is 0 Å². The van der Waals surface area contributed by atoms with E-state index in [1.807, 2.05) is 24.3 Å². The number of aryl methyl sites for hydroxylation is 1. The van der Waals surface area contributed by atoms with Gasteiger partial charge in [-0.2, -0.15) is 0 Å². The van der Waals surface area contributed by atoms with E-state index in [1.54, 1.807) is 0 Å². The van der Waals surface area contributed by atoms with Gasteiger partial charge in [-0.1, -0.05) is 19.1 Å². The molecule has 0 spiro atoms. The molecule has 1 aromatic rings. The summed E-state index contributed by atoms with van der Waals surface area (Å²) in [5.74, 6) is -0.156. The third-order valence-electron chi connectivity index (χ3n) is 4.70. The average molecular weight is 301 g/mol. The predicted octanol–water partition coefficient (Wildman–Crippen LogP) is 1.13. The van der Waals surface area contributed by atoms with Crippen LogP contribution in [0.5, 0.6) is 0 Å². The van der Waals surface area contributed by atoms with Gasteiger partial charge in [0.25, 0.3) is 5.91 Å². The van der Waals surface area contributed by atoms with E-state index in [1.165, 1.54) is 10.5 Å². The molecule has 0 aliphatic carbocycles. The van der Waals surface area contributed by atoms with E-state index in [9.17, 15) is 9.59 Å². The van der Waals surface area contributed by atoms with Gasteiger partial charge in [0.2, 0.25) is 5.91 Å². The van der Waals surface area contributed by atoms with E-state index in [4.69, 9.17) is 0 Å². The molecule has 0 radical (unpaired) electrons. The van der Waals surface area contributed by atoms with Gasteiger partial charge in [-0.05, 0) is 31.2 Å². The molecule has 0 N–H and O–H groups in total. The number of hydrogen-bond donors (Lipinski definition) is 0. The molecule has 0 bridgehead atoms. The second-order valence-corrected chi connectivity index (χ2v) is 6.15. The molecule has 1 aromatic carbocycles. The van der Waals surface area contributed by atoms with Gasteiger partial charge in [-0.25, -0.2) is 4.90 Å². The lowest BCUT2D eigenvalue weighted by Crippen LogP contribution is -2.51. The van der Waals surface area contributed by atoms with Crippen LogP contribution in [0, 0.1) is 0 Å². The number of hydrogen-bond acceptors (Lipinski definition) is 4. The van der Waals surface area contributed by atoms with Crippen LogP contribution in [0.3, 0.4) is 0 Å². The molecule has 0 saturated carbocycles. The van der Waals surface area contributed by atoms with Crippen LogP contribution >= 0.6 is 0 Å². The van der Waals surface area contributed by atoms with Crippen LogP contribution in [0.4, 0.5) is 5.69 Å². The first-order valence-electron chi connectivity index (χ1n) is 7.98. The highest BCUT2D eigenvalue weighted by Crippen LogP contribution is 2.26. The second-order valence-electron chi connectivity index (χ2n) is 6.15. The molecule has 1 atom stereocenters. The minimum absolute atomic E-state index is 0.0706. The Labute approximate surface area is 131 Å². The van der Waals surface area contributed by atoms with Gasteiger partial charge < -0.3 is 4.90 Å². The highest BCUT2D eigenvalue weighted by Gasteiger charge is 2.43. The van der Waals surface area contributed by atoms with Gasteiger partial charge in [-0.15, -0.1) is 0 Å². The van der Waals surface area contributed by atoms with E-state index in [0.29, 0.717) is 12.1 Å². The standard InChI is InChI=1S/C17H23N3O2/c1-3-13-4-6-14(7-5-13)20-16(21)12-15(17(20)22)19-10-8-18(2)9-11-19/h4-7,15H,3,8-12H2,1-2H3. The van der Waals surface area contributed by atoms with Crippen LogP contribution in [0.25, 0.3) is 0 Å². The Bertz CT molecular complexity index is 562. The summed E-state index contributed by atoms with van der Waals surface area (Å²) >= 11 is 0. The van der Waals surface area contributed by atoms with E-state index in [0.717, 1.165) is 32.6 Å². The molecular weight excluding hydrogens is 278 g/mol. The minimum atomic E-state index is -0.285. The van der Waals surface area contributed by atoms with Crippen molar-refractivity contribution < 1.29 is 9.59 Å². The number of rotatable bonds is 3. The number of amides is 2. The molecule has 2 aliphatic rings. The smallest absolute Gasteiger partial charge is 0.251 e. The quantitative estimate of drug-likeness (QED) is 0.785. The first kappa shape index (κ1) is 15.2. The first-order chi connectivity index (χ1) is 10.6. The van der Waals surface area contributed by atoms with Crippen molar-refractivity contribution in [3.8, 4) is 0 Å². The zero-order valence-corrected chi connectivity index (χ0v) is 13.3. The molecule has 2 saturated heterocycles. The summed E-state index contributed by atoms with van der Waals surface area (Å²) in [6.45, 7) is 5.68. The summed E-state index contributed by atoms with van der Waals surface area (Å²) < 4.78 is 0. The monoisotopic (exact) mass is 301 g/mol. The zero-order valence-electron chi connectivity index (χ0n) is 13.3. The van der Waals surface area contributed by atoms with Gasteiger partial charge in [0.05, 0.1) is 18.2 Å². The van der Waals surface area contributed by atoms with Crippen molar-refractivity contribution >= 4 is 17.5 Å². The van der Waals surface area contributed by atoms with Crippen LogP contribution in [0.15, 0.2) is 24.3 Å². The van der Waals surface area contributed by atoms with Crippen molar-refractivity contribution in [2.45, 2.75) is 25.8 Å². The maximum absolute atomic E-state index is 12.7. The number of piperazine rings is 1. The number of anilines is 1. The predicted molar refractivity (Wildman–Crippen MR) is 85.8 cm³/mol. The van der Waals surface area contributed by atoms with Crippen molar-refractivity contribution in [2.75, 3.05) is 38.1 Å². The highest BCUT2D eigenvalue weighted by molar-refractivity contribution is 6.22. The van der Waals surface area contributed by atoms with E-state index in [2.05, 4.69) is 23.8 Å². The molecule has 118 valence electrons. The summed E-state index contributed by atoms with van der Waals surface area (Å²) in [5.41, 5.74) is 1.90. The van der Waals surface area contributed by atoms with Crippen molar-refractivity contribution in [3.05, 3.63) is 29.8 Å². The maximum Gasteiger partial charge on any atom is 0.251 e. The number of nitrogens with zero attached hydrogens (tertiary/aromatic N) is 3. The molecule has 1 unspecified atom stereocenters. The molecule has 2 fully saturated rings. The number of carbonyl (C=O) groups is 2. The van der Waals surface area contributed by atoms with Crippen LogP contribution in [0.2, 0.25) is 0 Å². The summed E-state index contributed by atoms with van der Waals surface area (Å²) in [5, 5.41) is 0. The Morgan fingerprint density at radius 1 is 1.05 bits per heavy atom. The number of likely N-dealkylation sites (N-methyl/N-ethyl adjacent to an activating group) is 1. The topological polar surface area (TPSA) is 43.9 Å². The van der Waals surface area contributed by atoms with Crippen LogP contribution in [-0.2, 0) is 16.0 Å². The highest BCUT2D eigenvalue weighted by atomic mass is 16.2. The van der Waals surface area contributed by atoms with Gasteiger partial charge in [0.1, 0.15) is 0 Å². The van der Waals surface area contributed by atoms with E-state index < -0.39 is 0 Å². The number of benzene rings is 1. The minimum Gasteiger partial charge on any atom is -0.304 e. The molecule has 2 heterocycles. The molecule has 5 nitrogen and oxygen atoms in total. The second kappa shape index (κ2) is 6.18. The summed E-state index contributed by atoms with van der Waals surface area (Å²) in [6, 6.07) is 7.44. The molecule has 2 aliphatic heterocycles. The molecule has 22 heavy (non-hydrogen) atoms. The molecular formula is C17H23N3O2. The SMILES string of the molecule is CCc1ccc(N2C(=O)CC(N3CCN(C)CC3)C2=O)cc1. The van der Waals surface area contributed by atoms with Gasteiger partial charge >= 0.3 is 0 Å². The van der Waals surface area contributed by atoms with E-state index >= 15 is 0 Å². The zero-order chi connectivity index (χ0) is 15.7.